The Balaban J connectivity index is 1.80. The summed E-state index contributed by atoms with van der Waals surface area (Å²) in [5, 5.41) is 16.2. The molecule has 2 unspecified atom stereocenters. The fourth-order valence-corrected chi connectivity index (χ4v) is 3.57. The van der Waals surface area contributed by atoms with Crippen LogP contribution < -0.4 is 0 Å². The fourth-order valence-electron chi connectivity index (χ4n) is 3.57. The Morgan fingerprint density at radius 1 is 1.42 bits per heavy atom. The van der Waals surface area contributed by atoms with Gasteiger partial charge in [0.25, 0.3) is 0 Å². The average molecular weight is 263 g/mol. The maximum atomic E-state index is 11.0. The average Bonchev–Trinajstić information content (AvgIpc) is 2.86. The molecule has 0 saturated carbocycles. The SMILES string of the molecule is O=C(O)CC1Cc2[nH]ncc2C(N2CCCCC2)C1. The number of hydrogen-bond acceptors (Lipinski definition) is 3. The zero-order chi connectivity index (χ0) is 13.2. The zero-order valence-electron chi connectivity index (χ0n) is 11.1. The van der Waals surface area contributed by atoms with Crippen molar-refractivity contribution in [3.05, 3.63) is 17.5 Å². The lowest BCUT2D eigenvalue weighted by atomic mass is 9.81. The van der Waals surface area contributed by atoms with Crippen LogP contribution in [0.2, 0.25) is 0 Å². The fraction of sp³-hybridized carbons (Fsp3) is 0.714. The molecule has 0 spiro atoms. The Morgan fingerprint density at radius 3 is 2.95 bits per heavy atom. The molecule has 1 aromatic rings. The molecule has 3 rings (SSSR count). The van der Waals surface area contributed by atoms with Gasteiger partial charge in [-0.15, -0.1) is 0 Å². The molecule has 5 heteroatoms. The largest absolute Gasteiger partial charge is 0.481 e. The lowest BCUT2D eigenvalue weighted by molar-refractivity contribution is -0.138. The summed E-state index contributed by atoms with van der Waals surface area (Å²) in [7, 11) is 0. The quantitative estimate of drug-likeness (QED) is 0.875. The maximum Gasteiger partial charge on any atom is 0.303 e. The summed E-state index contributed by atoms with van der Waals surface area (Å²) in [6.07, 6.45) is 7.82. The predicted octanol–water partition coefficient (Wildman–Crippen LogP) is 1.97. The third-order valence-corrected chi connectivity index (χ3v) is 4.45. The lowest BCUT2D eigenvalue weighted by Crippen LogP contribution is -2.37. The van der Waals surface area contributed by atoms with Gasteiger partial charge >= 0.3 is 5.97 Å². The second-order valence-electron chi connectivity index (χ2n) is 5.82. The minimum absolute atomic E-state index is 0.234. The highest BCUT2D eigenvalue weighted by Crippen LogP contribution is 2.38. The number of carboxylic acid groups (broad SMARTS) is 1. The molecule has 2 atom stereocenters. The van der Waals surface area contributed by atoms with Crippen molar-refractivity contribution in [2.24, 2.45) is 5.92 Å². The van der Waals surface area contributed by atoms with Gasteiger partial charge in [0, 0.05) is 23.7 Å². The predicted molar refractivity (Wildman–Crippen MR) is 70.8 cm³/mol. The van der Waals surface area contributed by atoms with Crippen molar-refractivity contribution in [3.8, 4) is 0 Å². The molecule has 1 saturated heterocycles. The van der Waals surface area contributed by atoms with Crippen molar-refractivity contribution in [3.63, 3.8) is 0 Å². The molecule has 5 nitrogen and oxygen atoms in total. The number of likely N-dealkylation sites (tertiary alicyclic amines) is 1. The van der Waals surface area contributed by atoms with Crippen molar-refractivity contribution in [1.82, 2.24) is 15.1 Å². The van der Waals surface area contributed by atoms with E-state index in [1.165, 1.54) is 24.8 Å². The van der Waals surface area contributed by atoms with E-state index in [1.807, 2.05) is 6.20 Å². The first kappa shape index (κ1) is 12.7. The Labute approximate surface area is 113 Å². The molecule has 2 aliphatic rings. The molecule has 0 radical (unpaired) electrons. The first-order chi connectivity index (χ1) is 9.24. The number of fused-ring (bicyclic) bond motifs is 1. The maximum absolute atomic E-state index is 11.0. The normalized spacial score (nSPS) is 28.0. The molecule has 2 heterocycles. The summed E-state index contributed by atoms with van der Waals surface area (Å²) in [6.45, 7) is 2.27. The van der Waals surface area contributed by atoms with Gasteiger partial charge in [-0.05, 0) is 44.7 Å². The van der Waals surface area contributed by atoms with Crippen LogP contribution in [0.25, 0.3) is 0 Å². The van der Waals surface area contributed by atoms with E-state index in [2.05, 4.69) is 15.1 Å². The van der Waals surface area contributed by atoms with E-state index in [0.29, 0.717) is 6.04 Å². The Kier molecular flexibility index (Phi) is 3.55. The van der Waals surface area contributed by atoms with Crippen LogP contribution in [0, 0.1) is 5.92 Å². The molecule has 1 fully saturated rings. The third kappa shape index (κ3) is 2.66. The number of aromatic amines is 1. The second-order valence-corrected chi connectivity index (χ2v) is 5.82. The van der Waals surface area contributed by atoms with Gasteiger partial charge in [-0.1, -0.05) is 6.42 Å². The number of nitrogens with one attached hydrogen (secondary N) is 1. The van der Waals surface area contributed by atoms with E-state index in [-0.39, 0.29) is 12.3 Å². The molecule has 0 bridgehead atoms. The summed E-state index contributed by atoms with van der Waals surface area (Å²) < 4.78 is 0. The van der Waals surface area contributed by atoms with Crippen LogP contribution in [0.15, 0.2) is 6.20 Å². The number of aliphatic carboxylic acids is 1. The molecule has 104 valence electrons. The third-order valence-electron chi connectivity index (χ3n) is 4.45. The minimum Gasteiger partial charge on any atom is -0.481 e. The van der Waals surface area contributed by atoms with Crippen molar-refractivity contribution < 1.29 is 9.90 Å². The summed E-state index contributed by atoms with van der Waals surface area (Å²) in [6, 6.07) is 0.368. The van der Waals surface area contributed by atoms with Gasteiger partial charge in [0.1, 0.15) is 0 Å². The van der Waals surface area contributed by atoms with Gasteiger partial charge in [0.2, 0.25) is 0 Å². The summed E-state index contributed by atoms with van der Waals surface area (Å²) >= 11 is 0. The molecule has 2 N–H and O–H groups in total. The number of hydrogen-bond donors (Lipinski definition) is 2. The number of piperidine rings is 1. The number of carbonyl (C=O) groups is 1. The van der Waals surface area contributed by atoms with Crippen molar-refractivity contribution in [2.45, 2.75) is 44.6 Å². The summed E-state index contributed by atoms with van der Waals surface area (Å²) in [5.74, 6) is -0.456. The van der Waals surface area contributed by atoms with E-state index in [4.69, 9.17) is 5.11 Å². The molecule has 0 amide bonds. The molecule has 19 heavy (non-hydrogen) atoms. The van der Waals surface area contributed by atoms with Gasteiger partial charge in [-0.2, -0.15) is 5.10 Å². The van der Waals surface area contributed by atoms with Gasteiger partial charge < -0.3 is 5.11 Å². The van der Waals surface area contributed by atoms with Gasteiger partial charge in [-0.3, -0.25) is 14.8 Å². The summed E-state index contributed by atoms with van der Waals surface area (Å²) in [5.41, 5.74) is 2.44. The second kappa shape index (κ2) is 5.33. The zero-order valence-corrected chi connectivity index (χ0v) is 11.1. The number of rotatable bonds is 3. The Morgan fingerprint density at radius 2 is 2.21 bits per heavy atom. The first-order valence-electron chi connectivity index (χ1n) is 7.22. The van der Waals surface area contributed by atoms with Crippen LogP contribution in [-0.2, 0) is 11.2 Å². The topological polar surface area (TPSA) is 69.2 Å². The number of carboxylic acids is 1. The monoisotopic (exact) mass is 263 g/mol. The highest BCUT2D eigenvalue weighted by Gasteiger charge is 2.33. The van der Waals surface area contributed by atoms with Crippen molar-refractivity contribution >= 4 is 5.97 Å². The minimum atomic E-state index is -0.689. The van der Waals surface area contributed by atoms with Gasteiger partial charge in [0.05, 0.1) is 6.20 Å². The van der Waals surface area contributed by atoms with E-state index in [0.717, 1.165) is 31.6 Å². The van der Waals surface area contributed by atoms with E-state index in [9.17, 15) is 4.79 Å². The van der Waals surface area contributed by atoms with Crippen LogP contribution in [0.3, 0.4) is 0 Å². The summed E-state index contributed by atoms with van der Waals surface area (Å²) in [4.78, 5) is 13.5. The van der Waals surface area contributed by atoms with Crippen LogP contribution in [-0.4, -0.2) is 39.3 Å². The Hall–Kier alpha value is -1.36. The van der Waals surface area contributed by atoms with Gasteiger partial charge in [-0.25, -0.2) is 0 Å². The van der Waals surface area contributed by atoms with Crippen molar-refractivity contribution in [2.75, 3.05) is 13.1 Å². The standard InChI is InChI=1S/C14H21N3O2/c18-14(19)8-10-6-12-11(9-15-16-12)13(7-10)17-4-2-1-3-5-17/h9-10,13H,1-8H2,(H,15,16)(H,18,19). The number of aromatic nitrogens is 2. The van der Waals surface area contributed by atoms with E-state index < -0.39 is 5.97 Å². The highest BCUT2D eigenvalue weighted by molar-refractivity contribution is 5.67. The number of H-pyrrole nitrogens is 1. The number of nitrogens with zero attached hydrogens (tertiary/aromatic N) is 2. The van der Waals surface area contributed by atoms with Gasteiger partial charge in [0.15, 0.2) is 0 Å². The molecular weight excluding hydrogens is 242 g/mol. The van der Waals surface area contributed by atoms with Crippen LogP contribution >= 0.6 is 0 Å². The van der Waals surface area contributed by atoms with E-state index in [1.54, 1.807) is 0 Å². The molecule has 1 aromatic heterocycles. The molecule has 1 aliphatic heterocycles. The lowest BCUT2D eigenvalue weighted by Gasteiger charge is -2.38. The van der Waals surface area contributed by atoms with Crippen LogP contribution in [0.4, 0.5) is 0 Å². The first-order valence-corrected chi connectivity index (χ1v) is 7.22. The highest BCUT2D eigenvalue weighted by atomic mass is 16.4. The Bertz CT molecular complexity index is 451. The van der Waals surface area contributed by atoms with Crippen molar-refractivity contribution in [1.29, 1.82) is 0 Å². The smallest absolute Gasteiger partial charge is 0.303 e. The molecule has 0 aromatic carbocycles. The van der Waals surface area contributed by atoms with Crippen LogP contribution in [0.5, 0.6) is 0 Å². The molecule has 1 aliphatic carbocycles. The van der Waals surface area contributed by atoms with Crippen LogP contribution in [0.1, 0.15) is 49.4 Å². The molecular formula is C14H21N3O2. The van der Waals surface area contributed by atoms with E-state index >= 15 is 0 Å².